The van der Waals surface area contributed by atoms with E-state index in [0.29, 0.717) is 36.2 Å². The van der Waals surface area contributed by atoms with Crippen LogP contribution in [0, 0.1) is 0 Å². The Bertz CT molecular complexity index is 836. The first-order chi connectivity index (χ1) is 13.5. The number of guanidine groups is 1. The molecule has 1 aromatic heterocycles. The number of aryl methyl sites for hydroxylation is 1. The van der Waals surface area contributed by atoms with E-state index in [1.54, 1.807) is 24.0 Å². The average molecular weight is 542 g/mol. The topological polar surface area (TPSA) is 63.9 Å². The van der Waals surface area contributed by atoms with Crippen LogP contribution >= 0.6 is 35.6 Å². The number of nitrogens with zero attached hydrogens (tertiary/aromatic N) is 4. The van der Waals surface area contributed by atoms with E-state index in [-0.39, 0.29) is 42.4 Å². The number of hydrogen-bond acceptors (Lipinski definition) is 4. The maximum absolute atomic E-state index is 12.6. The van der Waals surface area contributed by atoms with Gasteiger partial charge in [0, 0.05) is 49.5 Å². The van der Waals surface area contributed by atoms with Gasteiger partial charge >= 0.3 is 6.61 Å². The molecule has 1 N–H and O–H groups in total. The number of nitrogens with one attached hydrogen (secondary N) is 1. The van der Waals surface area contributed by atoms with Crippen LogP contribution in [0.5, 0.6) is 5.75 Å². The lowest BCUT2D eigenvalue weighted by Crippen LogP contribution is -2.47. The summed E-state index contributed by atoms with van der Waals surface area (Å²) in [5.41, 5.74) is 1.51. The average Bonchev–Trinajstić information content (AvgIpc) is 3.11. The molecule has 7 nitrogen and oxygen atoms in total. The van der Waals surface area contributed by atoms with E-state index in [4.69, 9.17) is 16.3 Å². The smallest absolute Gasteiger partial charge is 0.387 e. The lowest BCUT2D eigenvalue weighted by atomic mass is 10.1. The molecular formula is C18H23ClF2IN5O2. The summed E-state index contributed by atoms with van der Waals surface area (Å²) in [6.07, 6.45) is 3.58. The minimum atomic E-state index is -2.90. The van der Waals surface area contributed by atoms with E-state index >= 15 is 0 Å². The second-order valence-electron chi connectivity index (χ2n) is 6.28. The van der Waals surface area contributed by atoms with Crippen molar-refractivity contribution in [1.82, 2.24) is 20.0 Å². The van der Waals surface area contributed by atoms with Gasteiger partial charge in [0.25, 0.3) is 0 Å². The van der Waals surface area contributed by atoms with Crippen molar-refractivity contribution in [2.45, 2.75) is 19.3 Å². The van der Waals surface area contributed by atoms with E-state index in [0.717, 1.165) is 5.56 Å². The van der Waals surface area contributed by atoms with Gasteiger partial charge in [-0.05, 0) is 18.2 Å². The summed E-state index contributed by atoms with van der Waals surface area (Å²) in [6.45, 7) is -0.867. The Hall–Kier alpha value is -1.66. The van der Waals surface area contributed by atoms with Crippen molar-refractivity contribution in [3.63, 3.8) is 0 Å². The van der Waals surface area contributed by atoms with Crippen LogP contribution < -0.4 is 10.1 Å². The molecule has 0 aliphatic carbocycles. The number of morpholine rings is 1. The second-order valence-corrected chi connectivity index (χ2v) is 6.72. The molecule has 1 aliphatic rings. The fourth-order valence-corrected chi connectivity index (χ4v) is 3.25. The summed E-state index contributed by atoms with van der Waals surface area (Å²) in [5, 5.41) is 7.81. The molecule has 1 aliphatic heterocycles. The molecule has 11 heteroatoms. The fourth-order valence-electron chi connectivity index (χ4n) is 3.05. The maximum atomic E-state index is 12.6. The van der Waals surface area contributed by atoms with Gasteiger partial charge in [-0.3, -0.25) is 9.67 Å². The van der Waals surface area contributed by atoms with Crippen LogP contribution in [0.4, 0.5) is 8.78 Å². The van der Waals surface area contributed by atoms with E-state index in [1.165, 1.54) is 12.1 Å². The van der Waals surface area contributed by atoms with E-state index in [9.17, 15) is 8.78 Å². The molecule has 1 fully saturated rings. The number of rotatable bonds is 5. The summed E-state index contributed by atoms with van der Waals surface area (Å²) in [4.78, 5) is 6.36. The molecule has 1 unspecified atom stereocenters. The number of halogens is 4. The number of aromatic nitrogens is 2. The van der Waals surface area contributed by atoms with Crippen LogP contribution in [0.1, 0.15) is 17.2 Å². The molecule has 29 heavy (non-hydrogen) atoms. The van der Waals surface area contributed by atoms with Gasteiger partial charge in [0.1, 0.15) is 11.9 Å². The molecule has 2 aromatic rings. The first kappa shape index (κ1) is 23.6. The van der Waals surface area contributed by atoms with Gasteiger partial charge in [-0.2, -0.15) is 13.9 Å². The van der Waals surface area contributed by atoms with Crippen molar-refractivity contribution in [2.75, 3.05) is 26.7 Å². The first-order valence-electron chi connectivity index (χ1n) is 8.75. The summed E-state index contributed by atoms with van der Waals surface area (Å²) < 4.78 is 37.4. The molecule has 0 spiro atoms. The van der Waals surface area contributed by atoms with Crippen LogP contribution in [-0.2, 0) is 18.3 Å². The molecule has 0 amide bonds. The summed E-state index contributed by atoms with van der Waals surface area (Å²) in [5.74, 6) is 0.720. The molecule has 0 radical (unpaired) electrons. The largest absolute Gasteiger partial charge is 0.434 e. The monoisotopic (exact) mass is 541 g/mol. The summed E-state index contributed by atoms with van der Waals surface area (Å²) >= 11 is 6.00. The predicted molar refractivity (Wildman–Crippen MR) is 117 cm³/mol. The Morgan fingerprint density at radius 2 is 2.28 bits per heavy atom. The van der Waals surface area contributed by atoms with Gasteiger partial charge in [-0.15, -0.1) is 24.0 Å². The van der Waals surface area contributed by atoms with Crippen LogP contribution in [0.15, 0.2) is 35.6 Å². The third-order valence-corrected chi connectivity index (χ3v) is 4.59. The number of aliphatic imine (C=N–C) groups is 1. The molecular weight excluding hydrogens is 519 g/mol. The van der Waals surface area contributed by atoms with Crippen LogP contribution in [0.3, 0.4) is 0 Å². The van der Waals surface area contributed by atoms with Gasteiger partial charge in [-0.25, -0.2) is 0 Å². The zero-order valence-electron chi connectivity index (χ0n) is 16.0. The third-order valence-electron chi connectivity index (χ3n) is 4.35. The van der Waals surface area contributed by atoms with Gasteiger partial charge in [-0.1, -0.05) is 11.6 Å². The zero-order valence-corrected chi connectivity index (χ0v) is 19.1. The Morgan fingerprint density at radius 3 is 2.93 bits per heavy atom. The van der Waals surface area contributed by atoms with Crippen molar-refractivity contribution >= 4 is 41.5 Å². The molecule has 160 valence electrons. The molecule has 2 heterocycles. The quantitative estimate of drug-likeness (QED) is 0.357. The van der Waals surface area contributed by atoms with Crippen LogP contribution in [-0.4, -0.2) is 54.0 Å². The van der Waals surface area contributed by atoms with Gasteiger partial charge in [0.15, 0.2) is 5.96 Å². The zero-order chi connectivity index (χ0) is 20.1. The van der Waals surface area contributed by atoms with Crippen molar-refractivity contribution in [3.05, 3.63) is 46.7 Å². The van der Waals surface area contributed by atoms with Gasteiger partial charge in [0.2, 0.25) is 0 Å². The third kappa shape index (κ3) is 6.41. The Morgan fingerprint density at radius 1 is 1.48 bits per heavy atom. The molecule has 0 saturated carbocycles. The standard InChI is InChI=1S/C18H22ClF2N5O2.HI/c1-22-18(23-8-12-7-14(19)3-4-15(12)28-17(20)21)26-5-6-27-16(11-26)13-9-24-25(2)10-13;/h3-4,7,9-10,16-17H,5-6,8,11H2,1-2H3,(H,22,23);1H. The van der Waals surface area contributed by atoms with Crippen molar-refractivity contribution in [3.8, 4) is 5.75 Å². The maximum Gasteiger partial charge on any atom is 0.387 e. The second kappa shape index (κ2) is 10.9. The number of benzene rings is 1. The molecule has 3 rings (SSSR count). The summed E-state index contributed by atoms with van der Waals surface area (Å²) in [7, 11) is 3.53. The first-order valence-corrected chi connectivity index (χ1v) is 9.13. The normalized spacial score (nSPS) is 17.2. The molecule has 1 atom stereocenters. The summed E-state index contributed by atoms with van der Waals surface area (Å²) in [6, 6.07) is 4.54. The number of alkyl halides is 2. The van der Waals surface area contributed by atoms with Crippen LogP contribution in [0.2, 0.25) is 5.02 Å². The number of hydrogen-bond donors (Lipinski definition) is 1. The highest BCUT2D eigenvalue weighted by molar-refractivity contribution is 14.0. The van der Waals surface area contributed by atoms with Crippen molar-refractivity contribution in [1.29, 1.82) is 0 Å². The molecule has 1 aromatic carbocycles. The minimum Gasteiger partial charge on any atom is -0.434 e. The highest BCUT2D eigenvalue weighted by Gasteiger charge is 2.25. The van der Waals surface area contributed by atoms with E-state index in [1.807, 2.05) is 13.2 Å². The van der Waals surface area contributed by atoms with Crippen molar-refractivity contribution in [2.24, 2.45) is 12.0 Å². The Kier molecular flexibility index (Phi) is 8.90. The lowest BCUT2D eigenvalue weighted by Gasteiger charge is -2.34. The molecule has 0 bridgehead atoms. The minimum absolute atomic E-state index is 0. The van der Waals surface area contributed by atoms with Crippen molar-refractivity contribution < 1.29 is 18.3 Å². The predicted octanol–water partition coefficient (Wildman–Crippen LogP) is 3.44. The Balaban J connectivity index is 0.00000300. The van der Waals surface area contributed by atoms with E-state index in [2.05, 4.69) is 25.0 Å². The van der Waals surface area contributed by atoms with Gasteiger partial charge < -0.3 is 19.7 Å². The van der Waals surface area contributed by atoms with E-state index < -0.39 is 6.61 Å². The van der Waals surface area contributed by atoms with Crippen LogP contribution in [0.25, 0.3) is 0 Å². The highest BCUT2D eigenvalue weighted by atomic mass is 127. The SMILES string of the molecule is CN=C(NCc1cc(Cl)ccc1OC(F)F)N1CCOC(c2cnn(C)c2)C1.I. The highest BCUT2D eigenvalue weighted by Crippen LogP contribution is 2.25. The number of ether oxygens (including phenoxy) is 2. The van der Waals surface area contributed by atoms with Gasteiger partial charge in [0.05, 0.1) is 19.3 Å². The lowest BCUT2D eigenvalue weighted by molar-refractivity contribution is -0.0504. The Labute approximate surface area is 190 Å². The fraction of sp³-hybridized carbons (Fsp3) is 0.444. The molecule has 1 saturated heterocycles.